The molecule has 0 saturated carbocycles. The van der Waals surface area contributed by atoms with Gasteiger partial charge in [0.25, 0.3) is 0 Å². The number of fused-ring (bicyclic) bond motifs is 8. The molecule has 0 bridgehead atoms. The van der Waals surface area contributed by atoms with Crippen LogP contribution in [0, 0.1) is 0 Å². The lowest BCUT2D eigenvalue weighted by Gasteiger charge is -2.14. The molecule has 0 N–H and O–H groups in total. The number of rotatable bonds is 5. The molecule has 0 unspecified atom stereocenters. The molecule has 0 aliphatic carbocycles. The van der Waals surface area contributed by atoms with Gasteiger partial charge in [-0.3, -0.25) is 0 Å². The summed E-state index contributed by atoms with van der Waals surface area (Å²) in [5, 5.41) is 6.57. The summed E-state index contributed by atoms with van der Waals surface area (Å²) in [4.78, 5) is 20.9. The minimum Gasteiger partial charge on any atom is -0.247 e. The average Bonchev–Trinajstić information content (AvgIpc) is 3.28. The number of aromatic nitrogens is 4. The first kappa shape index (κ1) is 31.9. The van der Waals surface area contributed by atoms with Crippen LogP contribution in [0.1, 0.15) is 0 Å². The topological polar surface area (TPSA) is 51.6 Å². The molecule has 0 aliphatic heterocycles. The van der Waals surface area contributed by atoms with Gasteiger partial charge >= 0.3 is 0 Å². The molecule has 0 fully saturated rings. The summed E-state index contributed by atoms with van der Waals surface area (Å²) >= 11 is 0. The van der Waals surface area contributed by atoms with Crippen LogP contribution >= 0.6 is 0 Å². The van der Waals surface area contributed by atoms with Crippen molar-refractivity contribution in [3.63, 3.8) is 0 Å². The lowest BCUT2D eigenvalue weighted by atomic mass is 9.95. The van der Waals surface area contributed by atoms with Crippen LogP contribution in [0.4, 0.5) is 0 Å². The molecule has 11 aromatic rings. The zero-order chi connectivity index (χ0) is 37.0. The molecule has 7 aromatic carbocycles. The maximum atomic E-state index is 5.30. The third-order valence-electron chi connectivity index (χ3n) is 10.8. The van der Waals surface area contributed by atoms with Gasteiger partial charge < -0.3 is 0 Å². The van der Waals surface area contributed by atoms with Crippen molar-refractivity contribution in [2.24, 2.45) is 0 Å². The Kier molecular flexibility index (Phi) is 7.46. The predicted molar refractivity (Wildman–Crippen MR) is 232 cm³/mol. The van der Waals surface area contributed by atoms with Crippen LogP contribution in [0.25, 0.3) is 111 Å². The van der Waals surface area contributed by atoms with Crippen molar-refractivity contribution >= 4 is 54.4 Å². The molecule has 0 amide bonds. The van der Waals surface area contributed by atoms with Crippen molar-refractivity contribution in [1.29, 1.82) is 0 Å². The second-order valence-corrected chi connectivity index (χ2v) is 14.2. The molecule has 4 heteroatoms. The number of benzene rings is 7. The van der Waals surface area contributed by atoms with Gasteiger partial charge in [0.15, 0.2) is 0 Å². The molecule has 0 aliphatic rings. The van der Waals surface area contributed by atoms with Crippen molar-refractivity contribution in [3.05, 3.63) is 194 Å². The van der Waals surface area contributed by atoms with E-state index in [0.29, 0.717) is 0 Å². The summed E-state index contributed by atoms with van der Waals surface area (Å²) in [7, 11) is 0. The van der Waals surface area contributed by atoms with Crippen LogP contribution in [-0.2, 0) is 0 Å². The summed E-state index contributed by atoms with van der Waals surface area (Å²) in [5.41, 5.74) is 14.0. The molecule has 0 radical (unpaired) electrons. The number of hydrogen-bond donors (Lipinski definition) is 0. The second kappa shape index (κ2) is 13.1. The van der Waals surface area contributed by atoms with Gasteiger partial charge in [0, 0.05) is 49.2 Å². The van der Waals surface area contributed by atoms with Crippen LogP contribution < -0.4 is 0 Å². The van der Waals surface area contributed by atoms with Gasteiger partial charge in [0.1, 0.15) is 0 Å². The van der Waals surface area contributed by atoms with Crippen molar-refractivity contribution in [2.45, 2.75) is 0 Å². The van der Waals surface area contributed by atoms with E-state index in [-0.39, 0.29) is 0 Å². The first-order valence-electron chi connectivity index (χ1n) is 18.9. The Morgan fingerprint density at radius 1 is 0.268 bits per heavy atom. The van der Waals surface area contributed by atoms with Gasteiger partial charge in [-0.15, -0.1) is 0 Å². The molecule has 11 rings (SSSR count). The zero-order valence-electron chi connectivity index (χ0n) is 30.3. The minimum absolute atomic E-state index is 0.903. The van der Waals surface area contributed by atoms with Gasteiger partial charge in [0.2, 0.25) is 0 Å². The highest BCUT2D eigenvalue weighted by atomic mass is 14.8. The fraction of sp³-hybridized carbons (Fsp3) is 0. The highest BCUT2D eigenvalue weighted by Crippen LogP contribution is 2.38. The molecule has 4 nitrogen and oxygen atoms in total. The third-order valence-corrected chi connectivity index (χ3v) is 10.8. The van der Waals surface area contributed by atoms with E-state index in [2.05, 4.69) is 170 Å². The normalized spacial score (nSPS) is 11.6. The highest BCUT2D eigenvalue weighted by molar-refractivity contribution is 6.20. The van der Waals surface area contributed by atoms with E-state index in [9.17, 15) is 0 Å². The van der Waals surface area contributed by atoms with Gasteiger partial charge in [-0.1, -0.05) is 164 Å². The Morgan fingerprint density at radius 3 is 1.41 bits per heavy atom. The van der Waals surface area contributed by atoms with Gasteiger partial charge in [0.05, 0.1) is 44.8 Å². The number of hydrogen-bond acceptors (Lipinski definition) is 4. The molecule has 0 spiro atoms. The molecule has 260 valence electrons. The molecule has 4 aromatic heterocycles. The van der Waals surface area contributed by atoms with Crippen molar-refractivity contribution in [3.8, 4) is 56.2 Å². The molecule has 56 heavy (non-hydrogen) atoms. The van der Waals surface area contributed by atoms with Gasteiger partial charge in [-0.2, -0.15) is 0 Å². The predicted octanol–water partition coefficient (Wildman–Crippen LogP) is 13.4. The summed E-state index contributed by atoms with van der Waals surface area (Å²) in [6.45, 7) is 0. The highest BCUT2D eigenvalue weighted by Gasteiger charge is 2.16. The maximum Gasteiger partial charge on any atom is 0.0972 e. The lowest BCUT2D eigenvalue weighted by Crippen LogP contribution is -1.94. The number of nitrogens with zero attached hydrogens (tertiary/aromatic N) is 4. The van der Waals surface area contributed by atoms with E-state index in [1.54, 1.807) is 0 Å². The Hall–Kier alpha value is -7.56. The maximum absolute atomic E-state index is 5.30. The van der Waals surface area contributed by atoms with Crippen LogP contribution in [0.3, 0.4) is 0 Å². The molecular weight excluding hydrogens is 681 g/mol. The van der Waals surface area contributed by atoms with Crippen LogP contribution in [0.5, 0.6) is 0 Å². The monoisotopic (exact) mass is 712 g/mol. The summed E-state index contributed by atoms with van der Waals surface area (Å²) in [6.07, 6.45) is 0. The van der Waals surface area contributed by atoms with Gasteiger partial charge in [-0.25, -0.2) is 19.9 Å². The molecule has 0 atom stereocenters. The van der Waals surface area contributed by atoms with Crippen LogP contribution in [0.15, 0.2) is 194 Å². The number of para-hydroxylation sites is 1. The Morgan fingerprint density at radius 2 is 0.750 bits per heavy atom. The summed E-state index contributed by atoms with van der Waals surface area (Å²) in [6, 6.07) is 67.9. The smallest absolute Gasteiger partial charge is 0.0972 e. The van der Waals surface area contributed by atoms with E-state index >= 15 is 0 Å². The first-order valence-corrected chi connectivity index (χ1v) is 18.9. The zero-order valence-corrected chi connectivity index (χ0v) is 30.3. The largest absolute Gasteiger partial charge is 0.247 e. The van der Waals surface area contributed by atoms with Crippen LogP contribution in [-0.4, -0.2) is 19.9 Å². The first-order chi connectivity index (χ1) is 27.7. The van der Waals surface area contributed by atoms with E-state index in [1.807, 2.05) is 24.3 Å². The molecule has 4 heterocycles. The van der Waals surface area contributed by atoms with E-state index < -0.39 is 0 Å². The summed E-state index contributed by atoms with van der Waals surface area (Å²) in [5.74, 6) is 0. The standard InChI is InChI=1S/C52H32N4/c1-3-10-34(11-4-1)44-29-25-37-24-28-43-42-16-7-8-17-47(42)56-50(48(43)49(37)53-44)36-20-18-33(19-21-36)40-14-9-15-41(32-40)46-31-27-39-23-22-38-26-30-45(35-12-5-2-6-13-35)54-51(38)52(39)55-46/h1-32H. The Balaban J connectivity index is 1.000. The lowest BCUT2D eigenvalue weighted by molar-refractivity contribution is 1.36. The van der Waals surface area contributed by atoms with Gasteiger partial charge in [-0.05, 0) is 46.8 Å². The fourth-order valence-corrected chi connectivity index (χ4v) is 7.98. The average molecular weight is 713 g/mol. The number of pyridine rings is 4. The molecule has 0 saturated heterocycles. The SMILES string of the molecule is c1ccc(-c2ccc3ccc4ccc(-c5cccc(-c6ccc(-c7nc8ccccc8c8ccc9ccc(-c%10ccccc%10)nc9c78)cc6)c5)nc4c3n2)cc1. The van der Waals surface area contributed by atoms with E-state index in [4.69, 9.17) is 19.9 Å². The Labute approximate surface area is 323 Å². The minimum atomic E-state index is 0.903. The van der Waals surface area contributed by atoms with Crippen molar-refractivity contribution < 1.29 is 0 Å². The van der Waals surface area contributed by atoms with E-state index in [0.717, 1.165) is 111 Å². The molecular formula is C52H32N4. The fourth-order valence-electron chi connectivity index (χ4n) is 7.98. The quantitative estimate of drug-likeness (QED) is 0.167. The van der Waals surface area contributed by atoms with Crippen molar-refractivity contribution in [1.82, 2.24) is 19.9 Å². The van der Waals surface area contributed by atoms with E-state index in [1.165, 1.54) is 0 Å². The summed E-state index contributed by atoms with van der Waals surface area (Å²) < 4.78 is 0. The van der Waals surface area contributed by atoms with Crippen LogP contribution in [0.2, 0.25) is 0 Å². The Bertz CT molecular complexity index is 3290. The van der Waals surface area contributed by atoms with Crippen molar-refractivity contribution in [2.75, 3.05) is 0 Å². The second-order valence-electron chi connectivity index (χ2n) is 14.2. The third kappa shape index (κ3) is 5.47.